The number of benzene rings is 1. The number of primary amides is 1. The van der Waals surface area contributed by atoms with E-state index in [0.29, 0.717) is 37.7 Å². The van der Waals surface area contributed by atoms with Crippen molar-refractivity contribution >= 4 is 18.0 Å². The number of hydrogen-bond donors (Lipinski definition) is 4. The molecule has 1 aromatic rings. The summed E-state index contributed by atoms with van der Waals surface area (Å²) in [7, 11) is 0. The first kappa shape index (κ1) is 21.3. The topological polar surface area (TPSA) is 118 Å². The number of alkyl carbamates (subject to hydrolysis) is 1. The van der Waals surface area contributed by atoms with Crippen LogP contribution in [0.25, 0.3) is 0 Å². The van der Waals surface area contributed by atoms with E-state index in [1.165, 1.54) is 0 Å². The largest absolute Gasteiger partial charge is 0.444 e. The van der Waals surface area contributed by atoms with E-state index in [1.54, 1.807) is 12.1 Å². The van der Waals surface area contributed by atoms with Gasteiger partial charge in [0, 0.05) is 25.2 Å². The number of ether oxygens (including phenoxy) is 1. The molecule has 1 rings (SSSR count). The summed E-state index contributed by atoms with van der Waals surface area (Å²) in [6.45, 7) is 9.50. The van der Waals surface area contributed by atoms with Gasteiger partial charge in [0.05, 0.1) is 6.54 Å². The van der Waals surface area contributed by atoms with Crippen molar-refractivity contribution in [1.82, 2.24) is 16.0 Å². The molecular weight excluding hydrogens is 334 g/mol. The van der Waals surface area contributed by atoms with Crippen molar-refractivity contribution < 1.29 is 14.3 Å². The molecule has 0 aromatic heterocycles. The maximum atomic E-state index is 11.6. The van der Waals surface area contributed by atoms with E-state index in [9.17, 15) is 9.59 Å². The lowest BCUT2D eigenvalue weighted by atomic mass is 10.1. The molecular formula is C18H29N5O3. The van der Waals surface area contributed by atoms with Crippen LogP contribution < -0.4 is 21.7 Å². The van der Waals surface area contributed by atoms with Crippen LogP contribution in [0.3, 0.4) is 0 Å². The number of nitrogens with one attached hydrogen (secondary N) is 3. The highest BCUT2D eigenvalue weighted by atomic mass is 16.6. The number of aliphatic imine (C=N–C) groups is 1. The van der Waals surface area contributed by atoms with Gasteiger partial charge in [-0.05, 0) is 45.4 Å². The third-order valence-corrected chi connectivity index (χ3v) is 3.09. The van der Waals surface area contributed by atoms with Crippen molar-refractivity contribution in [3.63, 3.8) is 0 Å². The summed E-state index contributed by atoms with van der Waals surface area (Å²) in [6.07, 6.45) is -0.448. The van der Waals surface area contributed by atoms with E-state index >= 15 is 0 Å². The quantitative estimate of drug-likeness (QED) is 0.331. The number of nitrogens with zero attached hydrogens (tertiary/aromatic N) is 1. The van der Waals surface area contributed by atoms with Crippen molar-refractivity contribution in [2.45, 2.75) is 39.8 Å². The van der Waals surface area contributed by atoms with Crippen molar-refractivity contribution in [2.75, 3.05) is 19.6 Å². The van der Waals surface area contributed by atoms with E-state index in [0.717, 1.165) is 5.56 Å². The summed E-state index contributed by atoms with van der Waals surface area (Å²) in [5.41, 5.74) is 6.13. The molecule has 0 aliphatic rings. The van der Waals surface area contributed by atoms with Crippen LogP contribution in [0.2, 0.25) is 0 Å². The first-order valence-electron chi connectivity index (χ1n) is 8.59. The van der Waals surface area contributed by atoms with Crippen LogP contribution in [-0.2, 0) is 11.3 Å². The first-order valence-corrected chi connectivity index (χ1v) is 8.59. The standard InChI is InChI=1S/C18H29N5O3/c1-5-20-16(21-10-11-22-17(25)26-18(2,3)4)23-12-13-6-8-14(9-7-13)15(19)24/h6-9H,5,10-12H2,1-4H3,(H2,19,24)(H,22,25)(H2,20,21,23). The summed E-state index contributed by atoms with van der Waals surface area (Å²) >= 11 is 0. The summed E-state index contributed by atoms with van der Waals surface area (Å²) in [6, 6.07) is 6.99. The minimum Gasteiger partial charge on any atom is -0.444 e. The molecule has 0 fully saturated rings. The van der Waals surface area contributed by atoms with Crippen molar-refractivity contribution in [1.29, 1.82) is 0 Å². The maximum absolute atomic E-state index is 11.6. The SMILES string of the molecule is CCNC(=NCc1ccc(C(N)=O)cc1)NCCNC(=O)OC(C)(C)C. The molecule has 26 heavy (non-hydrogen) atoms. The molecule has 0 aliphatic heterocycles. The zero-order valence-electron chi connectivity index (χ0n) is 15.9. The van der Waals surface area contributed by atoms with Crippen LogP contribution in [0.4, 0.5) is 4.79 Å². The summed E-state index contributed by atoms with van der Waals surface area (Å²) in [5, 5.41) is 8.94. The number of guanidine groups is 1. The van der Waals surface area contributed by atoms with Gasteiger partial charge in [-0.25, -0.2) is 9.79 Å². The summed E-state index contributed by atoms with van der Waals surface area (Å²) in [4.78, 5) is 27.1. The Kier molecular flexibility index (Phi) is 8.41. The number of nitrogens with two attached hydrogens (primary N) is 1. The molecule has 0 bridgehead atoms. The Morgan fingerprint density at radius 2 is 1.69 bits per heavy atom. The van der Waals surface area contributed by atoms with E-state index in [2.05, 4.69) is 20.9 Å². The zero-order chi connectivity index (χ0) is 19.6. The minimum atomic E-state index is -0.516. The molecule has 0 aliphatic carbocycles. The smallest absolute Gasteiger partial charge is 0.407 e. The Morgan fingerprint density at radius 3 is 2.23 bits per heavy atom. The summed E-state index contributed by atoms with van der Waals surface area (Å²) in [5.74, 6) is 0.185. The van der Waals surface area contributed by atoms with Gasteiger partial charge in [-0.2, -0.15) is 0 Å². The number of rotatable bonds is 7. The van der Waals surface area contributed by atoms with Gasteiger partial charge in [-0.15, -0.1) is 0 Å². The highest BCUT2D eigenvalue weighted by molar-refractivity contribution is 5.92. The fourth-order valence-corrected chi connectivity index (χ4v) is 1.95. The van der Waals surface area contributed by atoms with Gasteiger partial charge in [-0.3, -0.25) is 4.79 Å². The molecule has 1 aromatic carbocycles. The molecule has 8 heteroatoms. The number of carbonyl (C=O) groups is 2. The van der Waals surface area contributed by atoms with Gasteiger partial charge in [0.2, 0.25) is 5.91 Å². The molecule has 2 amide bonds. The highest BCUT2D eigenvalue weighted by Gasteiger charge is 2.15. The Morgan fingerprint density at radius 1 is 1.08 bits per heavy atom. The lowest BCUT2D eigenvalue weighted by Crippen LogP contribution is -2.42. The lowest BCUT2D eigenvalue weighted by molar-refractivity contribution is 0.0528. The molecule has 144 valence electrons. The molecule has 0 saturated carbocycles. The fraction of sp³-hybridized carbons (Fsp3) is 0.500. The monoisotopic (exact) mass is 363 g/mol. The molecule has 0 radical (unpaired) electrons. The third-order valence-electron chi connectivity index (χ3n) is 3.09. The summed E-state index contributed by atoms with van der Waals surface area (Å²) < 4.78 is 5.17. The fourth-order valence-electron chi connectivity index (χ4n) is 1.95. The van der Waals surface area contributed by atoms with E-state index in [-0.39, 0.29) is 0 Å². The molecule has 0 heterocycles. The van der Waals surface area contributed by atoms with E-state index in [1.807, 2.05) is 39.8 Å². The Bertz CT molecular complexity index is 621. The van der Waals surface area contributed by atoms with Crippen LogP contribution in [0.5, 0.6) is 0 Å². The average Bonchev–Trinajstić information content (AvgIpc) is 2.55. The van der Waals surface area contributed by atoms with Gasteiger partial charge in [0.1, 0.15) is 5.60 Å². The molecule has 8 nitrogen and oxygen atoms in total. The molecule has 5 N–H and O–H groups in total. The van der Waals surface area contributed by atoms with Crippen molar-refractivity contribution in [3.05, 3.63) is 35.4 Å². The molecule has 0 unspecified atom stereocenters. The third kappa shape index (κ3) is 8.91. The van der Waals surface area contributed by atoms with Crippen LogP contribution in [0.15, 0.2) is 29.3 Å². The second kappa shape index (κ2) is 10.3. The molecule has 0 atom stereocenters. The maximum Gasteiger partial charge on any atom is 0.407 e. The lowest BCUT2D eigenvalue weighted by Gasteiger charge is -2.19. The predicted octanol–water partition coefficient (Wildman–Crippen LogP) is 1.37. The minimum absolute atomic E-state index is 0.409. The normalized spacial score (nSPS) is 11.6. The van der Waals surface area contributed by atoms with Crippen LogP contribution in [-0.4, -0.2) is 43.2 Å². The number of hydrogen-bond acceptors (Lipinski definition) is 4. The molecule has 0 saturated heterocycles. The Balaban J connectivity index is 2.46. The van der Waals surface area contributed by atoms with Gasteiger partial charge in [0.15, 0.2) is 5.96 Å². The van der Waals surface area contributed by atoms with Gasteiger partial charge in [-0.1, -0.05) is 12.1 Å². The van der Waals surface area contributed by atoms with E-state index in [4.69, 9.17) is 10.5 Å². The number of carbonyl (C=O) groups excluding carboxylic acids is 2. The zero-order valence-corrected chi connectivity index (χ0v) is 15.9. The van der Waals surface area contributed by atoms with Crippen molar-refractivity contribution in [3.8, 4) is 0 Å². The van der Waals surface area contributed by atoms with Gasteiger partial charge < -0.3 is 26.4 Å². The number of amides is 2. The average molecular weight is 363 g/mol. The van der Waals surface area contributed by atoms with Crippen LogP contribution in [0, 0.1) is 0 Å². The second-order valence-corrected chi connectivity index (χ2v) is 6.61. The van der Waals surface area contributed by atoms with Gasteiger partial charge in [0.25, 0.3) is 0 Å². The van der Waals surface area contributed by atoms with Crippen LogP contribution >= 0.6 is 0 Å². The van der Waals surface area contributed by atoms with E-state index < -0.39 is 17.6 Å². The highest BCUT2D eigenvalue weighted by Crippen LogP contribution is 2.06. The van der Waals surface area contributed by atoms with Crippen molar-refractivity contribution in [2.24, 2.45) is 10.7 Å². The Hall–Kier alpha value is -2.77. The Labute approximate surface area is 154 Å². The first-order chi connectivity index (χ1) is 12.2. The van der Waals surface area contributed by atoms with Gasteiger partial charge >= 0.3 is 6.09 Å². The second-order valence-electron chi connectivity index (χ2n) is 6.61. The van der Waals surface area contributed by atoms with Crippen LogP contribution in [0.1, 0.15) is 43.6 Å². The molecule has 0 spiro atoms. The predicted molar refractivity (Wildman–Crippen MR) is 102 cm³/mol.